The summed E-state index contributed by atoms with van der Waals surface area (Å²) < 4.78 is 0. The van der Waals surface area contributed by atoms with Gasteiger partial charge in [0.25, 0.3) is 0 Å². The molecule has 6 nitrogen and oxygen atoms in total. The maximum absolute atomic E-state index is 14.3. The number of allylic oxidation sites excluding steroid dienone is 2. The normalized spacial score (nSPS) is 33.9. The van der Waals surface area contributed by atoms with Gasteiger partial charge < -0.3 is 10.2 Å². The van der Waals surface area contributed by atoms with E-state index in [9.17, 15) is 29.4 Å². The minimum atomic E-state index is -2.51. The molecule has 1 saturated carbocycles. The van der Waals surface area contributed by atoms with Gasteiger partial charge in [0.05, 0.1) is 11.5 Å². The Balaban J connectivity index is 2.01. The molecule has 6 heteroatoms. The van der Waals surface area contributed by atoms with Gasteiger partial charge in [-0.1, -0.05) is 63.5 Å². The van der Waals surface area contributed by atoms with E-state index in [2.05, 4.69) is 0 Å². The first-order valence-corrected chi connectivity index (χ1v) is 13.2. The van der Waals surface area contributed by atoms with Crippen LogP contribution in [0.1, 0.15) is 89.7 Å². The fourth-order valence-electron chi connectivity index (χ4n) is 7.86. The number of ketones is 4. The Morgan fingerprint density at radius 3 is 2.30 bits per heavy atom. The number of hydrogen-bond acceptors (Lipinski definition) is 6. The molecule has 37 heavy (non-hydrogen) atoms. The second-order valence-electron chi connectivity index (χ2n) is 12.2. The van der Waals surface area contributed by atoms with Crippen LogP contribution in [-0.4, -0.2) is 38.9 Å². The molecule has 0 aromatic heterocycles. The Hall–Kier alpha value is -2.86. The van der Waals surface area contributed by atoms with Crippen molar-refractivity contribution in [2.75, 3.05) is 0 Å². The Bertz CT molecular complexity index is 1310. The van der Waals surface area contributed by atoms with Crippen LogP contribution in [0.5, 0.6) is 5.75 Å². The molecule has 1 fully saturated rings. The molecule has 2 unspecified atom stereocenters. The molecule has 198 valence electrons. The first-order chi connectivity index (χ1) is 17.1. The highest BCUT2D eigenvalue weighted by atomic mass is 16.3. The lowest BCUT2D eigenvalue weighted by molar-refractivity contribution is -0.183. The van der Waals surface area contributed by atoms with Gasteiger partial charge in [-0.25, -0.2) is 0 Å². The van der Waals surface area contributed by atoms with Crippen molar-refractivity contribution in [1.29, 1.82) is 0 Å². The Kier molecular flexibility index (Phi) is 6.31. The van der Waals surface area contributed by atoms with E-state index in [4.69, 9.17) is 0 Å². The molecule has 1 aromatic carbocycles. The molecule has 4 rings (SSSR count). The first-order valence-electron chi connectivity index (χ1n) is 13.2. The molecule has 0 heterocycles. The molecular weight excluding hydrogens is 468 g/mol. The zero-order valence-corrected chi connectivity index (χ0v) is 23.1. The van der Waals surface area contributed by atoms with E-state index >= 15 is 0 Å². The molecule has 3 aliphatic rings. The number of Topliss-reactive ketones (excluding diaryl/α,β-unsaturated/α-hetero) is 4. The van der Waals surface area contributed by atoms with Gasteiger partial charge in [0.15, 0.2) is 23.0 Å². The summed E-state index contributed by atoms with van der Waals surface area (Å²) in [6.07, 6.45) is 3.38. The van der Waals surface area contributed by atoms with Crippen LogP contribution in [0.15, 0.2) is 28.9 Å². The summed E-state index contributed by atoms with van der Waals surface area (Å²) in [7, 11) is 0. The van der Waals surface area contributed by atoms with Crippen molar-refractivity contribution in [1.82, 2.24) is 0 Å². The van der Waals surface area contributed by atoms with Crippen molar-refractivity contribution in [3.05, 3.63) is 45.5 Å². The van der Waals surface area contributed by atoms with Crippen molar-refractivity contribution in [2.45, 2.75) is 80.3 Å². The zero-order chi connectivity index (χ0) is 27.8. The number of hydrogen-bond donors (Lipinski definition) is 2. The monoisotopic (exact) mass is 506 g/mol. The first kappa shape index (κ1) is 27.2. The smallest absolute Gasteiger partial charge is 0.192 e. The summed E-state index contributed by atoms with van der Waals surface area (Å²) in [4.78, 5) is 54.7. The fourth-order valence-corrected chi connectivity index (χ4v) is 7.86. The second-order valence-corrected chi connectivity index (χ2v) is 12.2. The summed E-state index contributed by atoms with van der Waals surface area (Å²) in [6, 6.07) is 3.25. The van der Waals surface area contributed by atoms with Gasteiger partial charge in [-0.15, -0.1) is 0 Å². The van der Waals surface area contributed by atoms with Gasteiger partial charge in [0, 0.05) is 5.41 Å². The van der Waals surface area contributed by atoms with Crippen molar-refractivity contribution in [3.63, 3.8) is 0 Å². The van der Waals surface area contributed by atoms with E-state index in [1.165, 1.54) is 13.0 Å². The molecule has 0 bridgehead atoms. The summed E-state index contributed by atoms with van der Waals surface area (Å²) in [5.41, 5.74) is -0.643. The van der Waals surface area contributed by atoms with E-state index < -0.39 is 51.4 Å². The van der Waals surface area contributed by atoms with E-state index in [1.54, 1.807) is 19.9 Å². The fraction of sp³-hybridized carbons (Fsp3) is 0.548. The van der Waals surface area contributed by atoms with Crippen molar-refractivity contribution in [2.24, 2.45) is 28.6 Å². The van der Waals surface area contributed by atoms with Gasteiger partial charge in [0.2, 0.25) is 0 Å². The molecule has 0 spiro atoms. The Labute approximate surface area is 218 Å². The maximum atomic E-state index is 14.3. The van der Waals surface area contributed by atoms with Gasteiger partial charge in [-0.05, 0) is 68.6 Å². The molecule has 5 atom stereocenters. The predicted molar refractivity (Wildman–Crippen MR) is 141 cm³/mol. The number of fused-ring (bicyclic) bond motifs is 3. The van der Waals surface area contributed by atoms with Gasteiger partial charge in [0.1, 0.15) is 17.5 Å². The van der Waals surface area contributed by atoms with Crippen LogP contribution in [0.4, 0.5) is 0 Å². The van der Waals surface area contributed by atoms with E-state index in [0.717, 1.165) is 23.1 Å². The summed E-state index contributed by atoms with van der Waals surface area (Å²) in [6.45, 7) is 14.6. The predicted octanol–water partition coefficient (Wildman–Crippen LogP) is 5.04. The standard InChI is InChI=1S/C31H38O6/c1-9-16(4)12-19-10-11-21(33)23-20(19)13-29(7)14-30(8)24(15(2)3)17(5)22(18(6)32)27(35)31(30,37)28(36)25(29)26(23)34/h10-12,15,22,25,33,37H,9,13-14H2,1-8H3/b16-12+/t22?,25?,29-,30-,31+/m0/s1. The van der Waals surface area contributed by atoms with Crippen LogP contribution in [0.2, 0.25) is 0 Å². The quantitative estimate of drug-likeness (QED) is 0.438. The second kappa shape index (κ2) is 8.59. The molecule has 1 aromatic rings. The van der Waals surface area contributed by atoms with Crippen LogP contribution in [-0.2, 0) is 20.8 Å². The number of carbonyl (C=O) groups is 4. The number of rotatable bonds is 4. The summed E-state index contributed by atoms with van der Waals surface area (Å²) in [5, 5.41) is 22.9. The van der Waals surface area contributed by atoms with E-state index in [-0.39, 0.29) is 23.7 Å². The van der Waals surface area contributed by atoms with Gasteiger partial charge in [-0.2, -0.15) is 0 Å². The highest BCUT2D eigenvalue weighted by molar-refractivity contribution is 6.27. The lowest BCUT2D eigenvalue weighted by Crippen LogP contribution is -2.73. The minimum absolute atomic E-state index is 0.0860. The van der Waals surface area contributed by atoms with Crippen molar-refractivity contribution >= 4 is 29.2 Å². The average Bonchev–Trinajstić information content (AvgIpc) is 2.77. The highest BCUT2D eigenvalue weighted by Crippen LogP contribution is 2.64. The molecule has 0 aliphatic heterocycles. The van der Waals surface area contributed by atoms with Crippen LogP contribution >= 0.6 is 0 Å². The third-order valence-electron chi connectivity index (χ3n) is 9.30. The molecule has 2 N–H and O–H groups in total. The third-order valence-corrected chi connectivity index (χ3v) is 9.30. The minimum Gasteiger partial charge on any atom is -0.507 e. The van der Waals surface area contributed by atoms with Crippen LogP contribution < -0.4 is 0 Å². The lowest BCUT2D eigenvalue weighted by Gasteiger charge is -2.60. The van der Waals surface area contributed by atoms with Gasteiger partial charge >= 0.3 is 0 Å². The van der Waals surface area contributed by atoms with Gasteiger partial charge in [-0.3, -0.25) is 19.2 Å². The molecule has 3 aliphatic carbocycles. The topological polar surface area (TPSA) is 109 Å². The maximum Gasteiger partial charge on any atom is 0.192 e. The molecule has 0 saturated heterocycles. The molecule has 0 radical (unpaired) electrons. The average molecular weight is 507 g/mol. The number of carbonyl (C=O) groups excluding carboxylic acids is 4. The summed E-state index contributed by atoms with van der Waals surface area (Å²) >= 11 is 0. The van der Waals surface area contributed by atoms with Crippen LogP contribution in [0, 0.1) is 28.6 Å². The number of aromatic hydroxyl groups is 1. The van der Waals surface area contributed by atoms with Crippen LogP contribution in [0.25, 0.3) is 6.08 Å². The number of phenols is 1. The lowest BCUT2D eigenvalue weighted by atomic mass is 9.41. The number of aliphatic hydroxyl groups is 1. The Morgan fingerprint density at radius 1 is 1.14 bits per heavy atom. The SMILES string of the molecule is CC/C(C)=C/c1ccc(O)c2c1C[C@@]1(C)C[C@@]3(C)C(C(C)C)=C(C)C(C(C)=O)C(=O)[C@@]3(O)C(=O)C1C2=O. The van der Waals surface area contributed by atoms with Crippen LogP contribution in [0.3, 0.4) is 0 Å². The van der Waals surface area contributed by atoms with E-state index in [0.29, 0.717) is 17.6 Å². The Morgan fingerprint density at radius 2 is 1.76 bits per heavy atom. The third kappa shape index (κ3) is 3.48. The van der Waals surface area contributed by atoms with Crippen molar-refractivity contribution < 1.29 is 29.4 Å². The zero-order valence-electron chi connectivity index (χ0n) is 23.1. The highest BCUT2D eigenvalue weighted by Gasteiger charge is 2.73. The molecular formula is C31H38O6. The largest absolute Gasteiger partial charge is 0.507 e. The number of benzene rings is 1. The van der Waals surface area contributed by atoms with Crippen molar-refractivity contribution in [3.8, 4) is 5.75 Å². The van der Waals surface area contributed by atoms with E-state index in [1.807, 2.05) is 40.7 Å². The summed E-state index contributed by atoms with van der Waals surface area (Å²) in [5.74, 6) is -5.58. The molecule has 0 amide bonds. The number of phenolic OH excluding ortho intramolecular Hbond substituents is 1.